The summed E-state index contributed by atoms with van der Waals surface area (Å²) in [5.41, 5.74) is 12.8. The number of fused-ring (bicyclic) bond motifs is 3. The molecule has 4 heteroatoms. The predicted octanol–water partition coefficient (Wildman–Crippen LogP) is 11.6. The zero-order valence-electron chi connectivity index (χ0n) is 27.1. The molecule has 0 amide bonds. The van der Waals surface area contributed by atoms with Crippen molar-refractivity contribution in [1.82, 2.24) is 19.9 Å². The summed E-state index contributed by atoms with van der Waals surface area (Å²) in [4.78, 5) is 20.5. The van der Waals surface area contributed by atoms with Crippen LogP contribution in [0.2, 0.25) is 0 Å². The molecule has 0 spiro atoms. The second-order valence-electron chi connectivity index (χ2n) is 12.3. The molecule has 9 rings (SSSR count). The second-order valence-corrected chi connectivity index (χ2v) is 12.3. The second kappa shape index (κ2) is 12.7. The van der Waals surface area contributed by atoms with Gasteiger partial charge in [0.2, 0.25) is 0 Å². The normalized spacial score (nSPS) is 11.2. The zero-order chi connectivity index (χ0) is 33.3. The van der Waals surface area contributed by atoms with E-state index in [-0.39, 0.29) is 0 Å². The highest BCUT2D eigenvalue weighted by Gasteiger charge is 2.15. The Labute approximate surface area is 290 Å². The number of rotatable bonds is 6. The smallest absolute Gasteiger partial charge is 0.160 e. The van der Waals surface area contributed by atoms with Gasteiger partial charge in [0.25, 0.3) is 0 Å². The van der Waals surface area contributed by atoms with E-state index in [0.717, 1.165) is 83.5 Å². The lowest BCUT2D eigenvalue weighted by atomic mass is 9.97. The third kappa shape index (κ3) is 5.59. The average molecular weight is 639 g/mol. The van der Waals surface area contributed by atoms with Crippen LogP contribution >= 0.6 is 0 Å². The Kier molecular flexibility index (Phi) is 7.45. The first-order valence-electron chi connectivity index (χ1n) is 16.7. The molecule has 0 aliphatic rings. The van der Waals surface area contributed by atoms with Gasteiger partial charge < -0.3 is 0 Å². The van der Waals surface area contributed by atoms with Crippen molar-refractivity contribution in [1.29, 1.82) is 0 Å². The molecule has 50 heavy (non-hydrogen) atoms. The molecule has 9 aromatic rings. The predicted molar refractivity (Wildman–Crippen MR) is 205 cm³/mol. The lowest BCUT2D eigenvalue weighted by molar-refractivity contribution is 1.18. The third-order valence-electron chi connectivity index (χ3n) is 9.10. The monoisotopic (exact) mass is 638 g/mol. The van der Waals surface area contributed by atoms with E-state index in [9.17, 15) is 0 Å². The van der Waals surface area contributed by atoms with Crippen LogP contribution < -0.4 is 0 Å². The minimum Gasteiger partial charge on any atom is -0.245 e. The number of pyridine rings is 2. The molecule has 0 N–H and O–H groups in total. The van der Waals surface area contributed by atoms with Crippen LogP contribution in [0.4, 0.5) is 0 Å². The molecule has 6 aromatic carbocycles. The summed E-state index contributed by atoms with van der Waals surface area (Å²) >= 11 is 0. The maximum Gasteiger partial charge on any atom is 0.160 e. The van der Waals surface area contributed by atoms with E-state index in [4.69, 9.17) is 19.9 Å². The Morgan fingerprint density at radius 2 is 0.720 bits per heavy atom. The summed E-state index contributed by atoms with van der Waals surface area (Å²) in [6.45, 7) is 0. The van der Waals surface area contributed by atoms with Crippen LogP contribution in [0.5, 0.6) is 0 Å². The van der Waals surface area contributed by atoms with Crippen molar-refractivity contribution < 1.29 is 0 Å². The molecule has 0 saturated carbocycles. The Bertz CT molecular complexity index is 2550. The molecule has 3 aromatic heterocycles. The Morgan fingerprint density at radius 3 is 1.30 bits per heavy atom. The van der Waals surface area contributed by atoms with E-state index < -0.39 is 0 Å². The van der Waals surface area contributed by atoms with Gasteiger partial charge in [-0.15, -0.1) is 0 Å². The summed E-state index contributed by atoms with van der Waals surface area (Å²) in [5.74, 6) is 0.700. The molecule has 0 unspecified atom stereocenters. The van der Waals surface area contributed by atoms with Crippen LogP contribution in [-0.2, 0) is 0 Å². The van der Waals surface area contributed by atoms with Crippen molar-refractivity contribution in [2.24, 2.45) is 0 Å². The van der Waals surface area contributed by atoms with Crippen LogP contribution in [-0.4, -0.2) is 19.9 Å². The molecular weight excluding hydrogens is 609 g/mol. The van der Waals surface area contributed by atoms with E-state index in [0.29, 0.717) is 5.82 Å². The summed E-state index contributed by atoms with van der Waals surface area (Å²) in [6.07, 6.45) is 0. The molecule has 3 heterocycles. The SMILES string of the molecule is c1ccc(-c2cc(-c3ccc(-c4ccc5ccc6c(-c7ccccc7)cc(-c7ccccc7)nc6c5n4)cc3)nc(-c3ccccc3)n2)cc1. The number of nitrogens with zero attached hydrogens (tertiary/aromatic N) is 4. The van der Waals surface area contributed by atoms with E-state index in [2.05, 4.69) is 127 Å². The highest BCUT2D eigenvalue weighted by molar-refractivity contribution is 6.09. The fourth-order valence-corrected chi connectivity index (χ4v) is 6.53. The van der Waals surface area contributed by atoms with Crippen molar-refractivity contribution in [2.75, 3.05) is 0 Å². The molecule has 0 saturated heterocycles. The quantitative estimate of drug-likeness (QED) is 0.170. The van der Waals surface area contributed by atoms with Crippen molar-refractivity contribution in [3.05, 3.63) is 182 Å². The summed E-state index contributed by atoms with van der Waals surface area (Å²) in [7, 11) is 0. The van der Waals surface area contributed by atoms with Crippen LogP contribution in [0.3, 0.4) is 0 Å². The van der Waals surface area contributed by atoms with Gasteiger partial charge in [0.05, 0.1) is 33.8 Å². The fourth-order valence-electron chi connectivity index (χ4n) is 6.53. The van der Waals surface area contributed by atoms with Crippen molar-refractivity contribution in [3.63, 3.8) is 0 Å². The van der Waals surface area contributed by atoms with Gasteiger partial charge in [-0.1, -0.05) is 164 Å². The number of benzene rings is 6. The minimum atomic E-state index is 0.700. The van der Waals surface area contributed by atoms with E-state index in [1.807, 2.05) is 54.6 Å². The van der Waals surface area contributed by atoms with Crippen LogP contribution in [0, 0.1) is 0 Å². The molecule has 0 aliphatic carbocycles. The van der Waals surface area contributed by atoms with Gasteiger partial charge in [0.15, 0.2) is 5.82 Å². The standard InChI is InChI=1S/C46H30N4/c1-5-13-31(14-6-1)39-29-41(32-15-7-2-8-16-32)48-45-38(39)27-25-36-26-28-40(47-44(36)45)34-21-23-35(24-22-34)43-30-42(33-17-9-3-10-18-33)49-46(50-43)37-19-11-4-12-20-37/h1-30H. The van der Waals surface area contributed by atoms with Gasteiger partial charge in [0, 0.05) is 38.6 Å². The zero-order valence-corrected chi connectivity index (χ0v) is 27.1. The third-order valence-corrected chi connectivity index (χ3v) is 9.10. The fraction of sp³-hybridized carbons (Fsp3) is 0. The van der Waals surface area contributed by atoms with E-state index in [1.54, 1.807) is 0 Å². The largest absolute Gasteiger partial charge is 0.245 e. The molecular formula is C46H30N4. The average Bonchev–Trinajstić information content (AvgIpc) is 3.21. The van der Waals surface area contributed by atoms with Crippen LogP contribution in [0.15, 0.2) is 182 Å². The van der Waals surface area contributed by atoms with Crippen LogP contribution in [0.25, 0.3) is 89.4 Å². The highest BCUT2D eigenvalue weighted by Crippen LogP contribution is 2.36. The van der Waals surface area contributed by atoms with Crippen molar-refractivity contribution in [2.45, 2.75) is 0 Å². The van der Waals surface area contributed by atoms with Crippen molar-refractivity contribution >= 4 is 21.8 Å². The number of aromatic nitrogens is 4. The van der Waals surface area contributed by atoms with Gasteiger partial charge in [-0.2, -0.15) is 0 Å². The summed E-state index contributed by atoms with van der Waals surface area (Å²) in [6, 6.07) is 62.6. The van der Waals surface area contributed by atoms with Gasteiger partial charge in [-0.25, -0.2) is 19.9 Å². The lowest BCUT2D eigenvalue weighted by Crippen LogP contribution is -1.96. The first kappa shape index (κ1) is 29.4. The van der Waals surface area contributed by atoms with E-state index >= 15 is 0 Å². The maximum absolute atomic E-state index is 5.27. The van der Waals surface area contributed by atoms with Gasteiger partial charge >= 0.3 is 0 Å². The van der Waals surface area contributed by atoms with Crippen LogP contribution in [0.1, 0.15) is 0 Å². The molecule has 234 valence electrons. The molecule has 4 nitrogen and oxygen atoms in total. The number of hydrogen-bond donors (Lipinski definition) is 0. The summed E-state index contributed by atoms with van der Waals surface area (Å²) < 4.78 is 0. The Balaban J connectivity index is 1.15. The van der Waals surface area contributed by atoms with Gasteiger partial charge in [0.1, 0.15) is 0 Å². The molecule has 0 radical (unpaired) electrons. The maximum atomic E-state index is 5.27. The first-order chi connectivity index (χ1) is 24.8. The topological polar surface area (TPSA) is 51.6 Å². The molecule has 0 fully saturated rings. The summed E-state index contributed by atoms with van der Waals surface area (Å²) in [5, 5.41) is 2.13. The Hall–Kier alpha value is -6.78. The van der Waals surface area contributed by atoms with E-state index in [1.165, 1.54) is 0 Å². The minimum absolute atomic E-state index is 0.700. The lowest BCUT2D eigenvalue weighted by Gasteiger charge is -2.13. The first-order valence-corrected chi connectivity index (χ1v) is 16.7. The van der Waals surface area contributed by atoms with Crippen molar-refractivity contribution in [3.8, 4) is 67.5 Å². The highest BCUT2D eigenvalue weighted by atomic mass is 14.9. The molecule has 0 atom stereocenters. The van der Waals surface area contributed by atoms with Gasteiger partial charge in [-0.3, -0.25) is 0 Å². The molecule has 0 bridgehead atoms. The van der Waals surface area contributed by atoms with Gasteiger partial charge in [-0.05, 0) is 29.3 Å². The molecule has 0 aliphatic heterocycles. The Morgan fingerprint density at radius 1 is 0.280 bits per heavy atom. The number of hydrogen-bond acceptors (Lipinski definition) is 4.